The van der Waals surface area contributed by atoms with Gasteiger partial charge >= 0.3 is 11.8 Å². The zero-order valence-electron chi connectivity index (χ0n) is 11.9. The molecule has 0 unspecified atom stereocenters. The highest BCUT2D eigenvalue weighted by atomic mass is 16.5. The van der Waals surface area contributed by atoms with E-state index < -0.39 is 5.91 Å². The van der Waals surface area contributed by atoms with Gasteiger partial charge in [0.2, 0.25) is 5.82 Å². The van der Waals surface area contributed by atoms with E-state index in [1.165, 1.54) is 18.0 Å². The molecule has 0 radical (unpaired) electrons. The molecule has 1 amide bonds. The fraction of sp³-hybridized carbons (Fsp3) is 0.133. The highest BCUT2D eigenvalue weighted by molar-refractivity contribution is 5.89. The van der Waals surface area contributed by atoms with Gasteiger partial charge in [0.15, 0.2) is 0 Å². The number of hydrogen-bond acceptors (Lipinski definition) is 6. The third kappa shape index (κ3) is 3.14. The zero-order valence-corrected chi connectivity index (χ0v) is 11.9. The Balaban J connectivity index is 1.66. The number of hydrogen-bond donors (Lipinski definition) is 1. The number of benzene rings is 1. The number of carbonyl (C=O) groups is 1. The zero-order chi connectivity index (χ0) is 15.4. The summed E-state index contributed by atoms with van der Waals surface area (Å²) < 4.78 is 4.95. The van der Waals surface area contributed by atoms with Crippen molar-refractivity contribution in [2.24, 2.45) is 0 Å². The molecule has 1 N–H and O–H groups in total. The van der Waals surface area contributed by atoms with E-state index in [-0.39, 0.29) is 11.7 Å². The van der Waals surface area contributed by atoms with Crippen molar-refractivity contribution < 1.29 is 9.32 Å². The Morgan fingerprint density at radius 3 is 2.77 bits per heavy atom. The van der Waals surface area contributed by atoms with Crippen molar-refractivity contribution in [1.82, 2.24) is 25.4 Å². The number of nitrogens with zero attached hydrogens (tertiary/aromatic N) is 4. The third-order valence-electron chi connectivity index (χ3n) is 2.99. The van der Waals surface area contributed by atoms with Crippen molar-refractivity contribution in [2.45, 2.75) is 13.5 Å². The summed E-state index contributed by atoms with van der Waals surface area (Å²) in [4.78, 5) is 24.0. The smallest absolute Gasteiger partial charge is 0.316 e. The highest BCUT2D eigenvalue weighted by Gasteiger charge is 2.16. The molecule has 7 nitrogen and oxygen atoms in total. The summed E-state index contributed by atoms with van der Waals surface area (Å²) >= 11 is 0. The topological polar surface area (TPSA) is 93.8 Å². The Morgan fingerprint density at radius 1 is 1.23 bits per heavy atom. The van der Waals surface area contributed by atoms with Gasteiger partial charge in [-0.1, -0.05) is 35.0 Å². The molecule has 2 aromatic heterocycles. The Hall–Kier alpha value is -3.09. The number of rotatable bonds is 4. The SMILES string of the molecule is Cc1ccc(CNC(=O)c2nc(-c3cnccn3)no2)cc1. The molecule has 3 rings (SSSR count). The Kier molecular flexibility index (Phi) is 3.86. The molecule has 0 aliphatic heterocycles. The van der Waals surface area contributed by atoms with E-state index in [0.717, 1.165) is 5.56 Å². The lowest BCUT2D eigenvalue weighted by Gasteiger charge is -2.02. The molecule has 0 atom stereocenters. The van der Waals surface area contributed by atoms with Crippen LogP contribution in [0.15, 0.2) is 47.4 Å². The largest absolute Gasteiger partial charge is 0.344 e. The van der Waals surface area contributed by atoms with Gasteiger partial charge in [-0.3, -0.25) is 9.78 Å². The Morgan fingerprint density at radius 2 is 2.05 bits per heavy atom. The number of amides is 1. The molecule has 3 aromatic rings. The van der Waals surface area contributed by atoms with Crippen molar-refractivity contribution in [1.29, 1.82) is 0 Å². The van der Waals surface area contributed by atoms with Gasteiger partial charge in [0.25, 0.3) is 0 Å². The van der Waals surface area contributed by atoms with Crippen LogP contribution in [0.2, 0.25) is 0 Å². The van der Waals surface area contributed by atoms with E-state index in [2.05, 4.69) is 25.4 Å². The monoisotopic (exact) mass is 295 g/mol. The van der Waals surface area contributed by atoms with Crippen LogP contribution in [0, 0.1) is 6.92 Å². The summed E-state index contributed by atoms with van der Waals surface area (Å²) in [6.45, 7) is 2.40. The molecule has 110 valence electrons. The number of nitrogens with one attached hydrogen (secondary N) is 1. The van der Waals surface area contributed by atoms with E-state index in [9.17, 15) is 4.79 Å². The molecule has 0 fully saturated rings. The molecule has 7 heteroatoms. The molecule has 0 saturated carbocycles. The predicted molar refractivity (Wildman–Crippen MR) is 77.7 cm³/mol. The number of aryl methyl sites for hydroxylation is 1. The Labute approximate surface area is 126 Å². The van der Waals surface area contributed by atoms with Gasteiger partial charge in [0.1, 0.15) is 5.69 Å². The van der Waals surface area contributed by atoms with E-state index in [1.807, 2.05) is 31.2 Å². The summed E-state index contributed by atoms with van der Waals surface area (Å²) in [6.07, 6.45) is 4.56. The highest BCUT2D eigenvalue weighted by Crippen LogP contribution is 2.10. The van der Waals surface area contributed by atoms with Crippen LogP contribution in [0.1, 0.15) is 21.8 Å². The van der Waals surface area contributed by atoms with Gasteiger partial charge in [-0.25, -0.2) is 4.98 Å². The van der Waals surface area contributed by atoms with Crippen LogP contribution in [-0.4, -0.2) is 26.0 Å². The average Bonchev–Trinajstić information content (AvgIpc) is 3.05. The van der Waals surface area contributed by atoms with Crippen molar-refractivity contribution in [3.05, 3.63) is 59.9 Å². The minimum Gasteiger partial charge on any atom is -0.344 e. The summed E-state index contributed by atoms with van der Waals surface area (Å²) in [6, 6.07) is 7.88. The minimum atomic E-state index is -0.428. The second-order valence-corrected chi connectivity index (χ2v) is 4.68. The normalized spacial score (nSPS) is 10.4. The first-order valence-electron chi connectivity index (χ1n) is 6.66. The summed E-state index contributed by atoms with van der Waals surface area (Å²) in [5.74, 6) is -0.301. The van der Waals surface area contributed by atoms with Crippen molar-refractivity contribution in [3.8, 4) is 11.5 Å². The molecule has 2 heterocycles. The second-order valence-electron chi connectivity index (χ2n) is 4.68. The van der Waals surface area contributed by atoms with Crippen LogP contribution in [-0.2, 0) is 6.54 Å². The first-order valence-corrected chi connectivity index (χ1v) is 6.66. The standard InChI is InChI=1S/C15H13N5O2/c1-10-2-4-11(5-3-10)8-18-14(21)15-19-13(20-22-15)12-9-16-6-7-17-12/h2-7,9H,8H2,1H3,(H,18,21). The first kappa shape index (κ1) is 13.9. The maximum Gasteiger partial charge on any atom is 0.316 e. The van der Waals surface area contributed by atoms with Crippen LogP contribution in [0.25, 0.3) is 11.5 Å². The van der Waals surface area contributed by atoms with Crippen LogP contribution in [0.3, 0.4) is 0 Å². The van der Waals surface area contributed by atoms with E-state index in [4.69, 9.17) is 4.52 Å². The first-order chi connectivity index (χ1) is 10.7. The molecule has 1 aromatic carbocycles. The summed E-state index contributed by atoms with van der Waals surface area (Å²) in [7, 11) is 0. The van der Waals surface area contributed by atoms with Gasteiger partial charge in [-0.2, -0.15) is 4.98 Å². The summed E-state index contributed by atoms with van der Waals surface area (Å²) in [5.41, 5.74) is 2.61. The van der Waals surface area contributed by atoms with Crippen LogP contribution >= 0.6 is 0 Å². The van der Waals surface area contributed by atoms with E-state index in [1.54, 1.807) is 6.20 Å². The maximum atomic E-state index is 12.0. The molecular weight excluding hydrogens is 282 g/mol. The lowest BCUT2D eigenvalue weighted by atomic mass is 10.1. The van der Waals surface area contributed by atoms with Gasteiger partial charge in [0.05, 0.1) is 6.20 Å². The molecule has 0 saturated heterocycles. The maximum absolute atomic E-state index is 12.0. The molecule has 22 heavy (non-hydrogen) atoms. The minimum absolute atomic E-state index is 0.104. The average molecular weight is 295 g/mol. The number of aromatic nitrogens is 4. The fourth-order valence-electron chi connectivity index (χ4n) is 1.80. The van der Waals surface area contributed by atoms with Crippen LogP contribution in [0.4, 0.5) is 0 Å². The van der Waals surface area contributed by atoms with Crippen LogP contribution in [0.5, 0.6) is 0 Å². The van der Waals surface area contributed by atoms with E-state index in [0.29, 0.717) is 12.2 Å². The molecule has 0 aliphatic rings. The second kappa shape index (κ2) is 6.13. The number of carbonyl (C=O) groups excluding carboxylic acids is 1. The van der Waals surface area contributed by atoms with Gasteiger partial charge in [0, 0.05) is 18.9 Å². The molecule has 0 bridgehead atoms. The summed E-state index contributed by atoms with van der Waals surface area (Å²) in [5, 5.41) is 6.45. The van der Waals surface area contributed by atoms with Crippen molar-refractivity contribution in [2.75, 3.05) is 0 Å². The third-order valence-corrected chi connectivity index (χ3v) is 2.99. The predicted octanol–water partition coefficient (Wildman–Crippen LogP) is 1.77. The van der Waals surface area contributed by atoms with Crippen molar-refractivity contribution in [3.63, 3.8) is 0 Å². The molecule has 0 spiro atoms. The van der Waals surface area contributed by atoms with Gasteiger partial charge in [-0.15, -0.1) is 0 Å². The lowest BCUT2D eigenvalue weighted by molar-refractivity contribution is 0.0907. The fourth-order valence-corrected chi connectivity index (χ4v) is 1.80. The Bertz CT molecular complexity index is 768. The van der Waals surface area contributed by atoms with Gasteiger partial charge in [-0.05, 0) is 12.5 Å². The van der Waals surface area contributed by atoms with Crippen molar-refractivity contribution >= 4 is 5.91 Å². The lowest BCUT2D eigenvalue weighted by Crippen LogP contribution is -2.23. The quantitative estimate of drug-likeness (QED) is 0.788. The van der Waals surface area contributed by atoms with E-state index >= 15 is 0 Å². The van der Waals surface area contributed by atoms with Crippen LogP contribution < -0.4 is 5.32 Å². The molecule has 0 aliphatic carbocycles. The van der Waals surface area contributed by atoms with Gasteiger partial charge < -0.3 is 9.84 Å². The molecular formula is C15H13N5O2.